The average molecular weight is 305 g/mol. The molecule has 0 fully saturated rings. The maximum absolute atomic E-state index is 12.7. The van der Waals surface area contributed by atoms with Gasteiger partial charge in [-0.1, -0.05) is 17.8 Å². The molecular formula is C11H10F3N3S2. The Morgan fingerprint density at radius 3 is 2.74 bits per heavy atom. The van der Waals surface area contributed by atoms with Crippen LogP contribution in [0.4, 0.5) is 19.0 Å². The molecule has 0 aliphatic heterocycles. The molecule has 0 atom stereocenters. The van der Waals surface area contributed by atoms with Crippen molar-refractivity contribution in [3.05, 3.63) is 29.4 Å². The number of hydrogen-bond donors (Lipinski definition) is 1. The second-order valence-corrected chi connectivity index (χ2v) is 5.75. The monoisotopic (exact) mass is 305 g/mol. The summed E-state index contributed by atoms with van der Waals surface area (Å²) < 4.78 is 39.0. The van der Waals surface area contributed by atoms with Crippen molar-refractivity contribution in [2.45, 2.75) is 22.3 Å². The van der Waals surface area contributed by atoms with Gasteiger partial charge in [0.15, 0.2) is 0 Å². The van der Waals surface area contributed by atoms with E-state index in [-0.39, 0.29) is 10.8 Å². The predicted molar refractivity (Wildman–Crippen MR) is 69.6 cm³/mol. The van der Waals surface area contributed by atoms with Crippen molar-refractivity contribution in [2.24, 2.45) is 0 Å². The fraction of sp³-hybridized carbons (Fsp3) is 0.273. The summed E-state index contributed by atoms with van der Waals surface area (Å²) in [5.41, 5.74) is 0. The maximum atomic E-state index is 12.7. The first-order chi connectivity index (χ1) is 8.99. The zero-order chi connectivity index (χ0) is 13.9. The number of rotatable bonds is 4. The van der Waals surface area contributed by atoms with Crippen LogP contribution in [0.25, 0.3) is 0 Å². The van der Waals surface area contributed by atoms with Crippen molar-refractivity contribution < 1.29 is 13.2 Å². The molecule has 3 nitrogen and oxygen atoms in total. The van der Waals surface area contributed by atoms with Gasteiger partial charge in [-0.15, -0.1) is 11.3 Å². The first kappa shape index (κ1) is 14.1. The van der Waals surface area contributed by atoms with Crippen LogP contribution in [0, 0.1) is 0 Å². The number of hydrogen-bond acceptors (Lipinski definition) is 5. The number of thiophene rings is 1. The third-order valence-corrected chi connectivity index (χ3v) is 3.97. The molecule has 19 heavy (non-hydrogen) atoms. The molecule has 0 amide bonds. The molecule has 1 N–H and O–H groups in total. The second-order valence-electron chi connectivity index (χ2n) is 3.48. The molecule has 0 aliphatic carbocycles. The van der Waals surface area contributed by atoms with E-state index >= 15 is 0 Å². The number of nitrogens with zero attached hydrogens (tertiary/aromatic N) is 2. The summed E-state index contributed by atoms with van der Waals surface area (Å²) in [5.74, 6) is -0.936. The van der Waals surface area contributed by atoms with Gasteiger partial charge in [0.1, 0.15) is 10.8 Å². The highest BCUT2D eigenvalue weighted by Crippen LogP contribution is 2.34. The van der Waals surface area contributed by atoms with Crippen LogP contribution in [0.15, 0.2) is 32.8 Å². The highest BCUT2D eigenvalue weighted by atomic mass is 32.2. The third-order valence-electron chi connectivity index (χ3n) is 2.01. The minimum absolute atomic E-state index is 0.184. The van der Waals surface area contributed by atoms with Gasteiger partial charge in [-0.2, -0.15) is 13.2 Å². The topological polar surface area (TPSA) is 37.8 Å². The standard InChI is InChI=1S/C11H10F3N3S2/c1-2-15-7-6-8(19-9-4-3-5-18-9)17-10(16-7)11(12,13)14/h3-6H,2H2,1H3,(H,15,16,17). The van der Waals surface area contributed by atoms with Gasteiger partial charge in [0.2, 0.25) is 5.82 Å². The Kier molecular flexibility index (Phi) is 4.31. The van der Waals surface area contributed by atoms with Crippen LogP contribution in [-0.2, 0) is 6.18 Å². The zero-order valence-electron chi connectivity index (χ0n) is 9.86. The molecule has 0 spiro atoms. The Morgan fingerprint density at radius 2 is 2.16 bits per heavy atom. The molecule has 0 saturated carbocycles. The van der Waals surface area contributed by atoms with E-state index in [9.17, 15) is 13.2 Å². The highest BCUT2D eigenvalue weighted by molar-refractivity contribution is 8.01. The quantitative estimate of drug-likeness (QED) is 0.862. The van der Waals surface area contributed by atoms with Crippen LogP contribution in [-0.4, -0.2) is 16.5 Å². The first-order valence-electron chi connectivity index (χ1n) is 5.40. The summed E-state index contributed by atoms with van der Waals surface area (Å²) in [4.78, 5) is 7.02. The second kappa shape index (κ2) is 5.79. The van der Waals surface area contributed by atoms with Gasteiger partial charge in [0.25, 0.3) is 0 Å². The smallest absolute Gasteiger partial charge is 0.370 e. The van der Waals surface area contributed by atoms with Gasteiger partial charge >= 0.3 is 6.18 Å². The number of aromatic nitrogens is 2. The van der Waals surface area contributed by atoms with E-state index in [1.165, 1.54) is 29.2 Å². The number of alkyl halides is 3. The minimum atomic E-state index is -4.55. The molecule has 2 aromatic heterocycles. The van der Waals surface area contributed by atoms with Crippen LogP contribution in [0.5, 0.6) is 0 Å². The Balaban J connectivity index is 2.34. The molecule has 0 radical (unpaired) electrons. The van der Waals surface area contributed by atoms with E-state index in [1.807, 2.05) is 17.5 Å². The predicted octanol–water partition coefficient (Wildman–Crippen LogP) is 4.14. The van der Waals surface area contributed by atoms with Crippen molar-refractivity contribution >= 4 is 28.9 Å². The van der Waals surface area contributed by atoms with Crippen molar-refractivity contribution in [1.29, 1.82) is 0 Å². The normalized spacial score (nSPS) is 11.6. The van der Waals surface area contributed by atoms with Gasteiger partial charge in [-0.05, 0) is 18.4 Å². The lowest BCUT2D eigenvalue weighted by atomic mass is 10.5. The molecule has 0 aliphatic rings. The molecule has 102 valence electrons. The van der Waals surface area contributed by atoms with E-state index < -0.39 is 12.0 Å². The van der Waals surface area contributed by atoms with Gasteiger partial charge in [-0.3, -0.25) is 0 Å². The maximum Gasteiger partial charge on any atom is 0.451 e. The summed E-state index contributed by atoms with van der Waals surface area (Å²) >= 11 is 2.64. The Hall–Kier alpha value is -1.28. The van der Waals surface area contributed by atoms with Crippen LogP contribution in [0.1, 0.15) is 12.7 Å². The fourth-order valence-electron chi connectivity index (χ4n) is 1.30. The minimum Gasteiger partial charge on any atom is -0.370 e. The van der Waals surface area contributed by atoms with E-state index in [2.05, 4.69) is 15.3 Å². The van der Waals surface area contributed by atoms with Gasteiger partial charge < -0.3 is 5.32 Å². The van der Waals surface area contributed by atoms with Crippen molar-refractivity contribution in [3.63, 3.8) is 0 Å². The lowest BCUT2D eigenvalue weighted by Crippen LogP contribution is -2.13. The summed E-state index contributed by atoms with van der Waals surface area (Å²) in [6.07, 6.45) is -4.55. The van der Waals surface area contributed by atoms with Crippen LogP contribution < -0.4 is 5.32 Å². The molecule has 8 heteroatoms. The summed E-state index contributed by atoms with van der Waals surface area (Å²) in [6, 6.07) is 5.19. The zero-order valence-corrected chi connectivity index (χ0v) is 11.5. The molecule has 0 unspecified atom stereocenters. The molecule has 2 heterocycles. The summed E-state index contributed by atoms with van der Waals surface area (Å²) in [6.45, 7) is 2.29. The van der Waals surface area contributed by atoms with Crippen LogP contribution >= 0.6 is 23.1 Å². The SMILES string of the molecule is CCNc1cc(Sc2cccs2)nc(C(F)(F)F)n1. The summed E-state index contributed by atoms with van der Waals surface area (Å²) in [7, 11) is 0. The summed E-state index contributed by atoms with van der Waals surface area (Å²) in [5, 5.41) is 4.92. The van der Waals surface area contributed by atoms with E-state index in [0.717, 1.165) is 4.21 Å². The lowest BCUT2D eigenvalue weighted by Gasteiger charge is -2.10. The van der Waals surface area contributed by atoms with Crippen LogP contribution in [0.3, 0.4) is 0 Å². The number of nitrogens with one attached hydrogen (secondary N) is 1. The molecule has 0 bridgehead atoms. The number of anilines is 1. The highest BCUT2D eigenvalue weighted by Gasteiger charge is 2.35. The van der Waals surface area contributed by atoms with Gasteiger partial charge in [0.05, 0.1) is 4.21 Å². The van der Waals surface area contributed by atoms with Crippen molar-refractivity contribution in [2.75, 3.05) is 11.9 Å². The Morgan fingerprint density at radius 1 is 1.37 bits per heavy atom. The number of halogens is 3. The fourth-order valence-corrected chi connectivity index (χ4v) is 3.02. The Labute approximate surface area is 116 Å². The third kappa shape index (κ3) is 3.84. The Bertz CT molecular complexity index is 541. The molecular weight excluding hydrogens is 295 g/mol. The molecule has 2 aromatic rings. The van der Waals surface area contributed by atoms with Gasteiger partial charge in [-0.25, -0.2) is 9.97 Å². The largest absolute Gasteiger partial charge is 0.451 e. The van der Waals surface area contributed by atoms with E-state index in [4.69, 9.17) is 0 Å². The lowest BCUT2D eigenvalue weighted by molar-refractivity contribution is -0.145. The van der Waals surface area contributed by atoms with E-state index in [0.29, 0.717) is 6.54 Å². The van der Waals surface area contributed by atoms with Crippen molar-refractivity contribution in [1.82, 2.24) is 9.97 Å². The molecule has 2 rings (SSSR count). The molecule has 0 saturated heterocycles. The van der Waals surface area contributed by atoms with Gasteiger partial charge in [0, 0.05) is 12.6 Å². The van der Waals surface area contributed by atoms with E-state index in [1.54, 1.807) is 6.92 Å². The van der Waals surface area contributed by atoms with Crippen molar-refractivity contribution in [3.8, 4) is 0 Å². The first-order valence-corrected chi connectivity index (χ1v) is 7.10. The van der Waals surface area contributed by atoms with Crippen LogP contribution in [0.2, 0.25) is 0 Å². The average Bonchev–Trinajstić information content (AvgIpc) is 2.81. The molecule has 0 aromatic carbocycles.